The minimum absolute atomic E-state index is 0.123. The third kappa shape index (κ3) is 3.35. The molecule has 1 atom stereocenters. The summed E-state index contributed by atoms with van der Waals surface area (Å²) in [5.41, 5.74) is 0.589. The number of carboxylic acid groups (broad SMARTS) is 1. The molecule has 2 rings (SSSR count). The Bertz CT molecular complexity index is 530. The molecule has 0 aromatic heterocycles. The van der Waals surface area contributed by atoms with E-state index in [1.54, 1.807) is 25.2 Å². The number of benzene rings is 1. The second-order valence-electron chi connectivity index (χ2n) is 5.55. The predicted molar refractivity (Wildman–Crippen MR) is 81.8 cm³/mol. The maximum atomic E-state index is 12.5. The number of hydrogen-bond acceptors (Lipinski definition) is 2. The van der Waals surface area contributed by atoms with Crippen LogP contribution in [0.3, 0.4) is 0 Å². The summed E-state index contributed by atoms with van der Waals surface area (Å²) in [6.07, 6.45) is 3.30. The second kappa shape index (κ2) is 6.61. The van der Waals surface area contributed by atoms with Crippen molar-refractivity contribution in [2.45, 2.75) is 26.2 Å². The largest absolute Gasteiger partial charge is 0.478 e. The lowest BCUT2D eigenvalue weighted by Gasteiger charge is -2.25. The molecule has 114 valence electrons. The van der Waals surface area contributed by atoms with Crippen LogP contribution in [0.25, 0.3) is 0 Å². The van der Waals surface area contributed by atoms with E-state index in [1.165, 1.54) is 11.0 Å². The van der Waals surface area contributed by atoms with E-state index in [0.717, 1.165) is 32.4 Å². The first kappa shape index (κ1) is 15.4. The number of para-hydroxylation sites is 1. The number of carboxylic acids is 1. The monoisotopic (exact) mass is 290 g/mol. The Kier molecular flexibility index (Phi) is 4.83. The molecular formula is C16H22N2O3. The summed E-state index contributed by atoms with van der Waals surface area (Å²) in [7, 11) is 1.64. The average molecular weight is 290 g/mol. The van der Waals surface area contributed by atoms with Crippen molar-refractivity contribution in [2.75, 3.05) is 25.0 Å². The Hall–Kier alpha value is -2.04. The van der Waals surface area contributed by atoms with Gasteiger partial charge in [-0.2, -0.15) is 0 Å². The molecule has 0 saturated carbocycles. The fourth-order valence-electron chi connectivity index (χ4n) is 2.91. The third-order valence-corrected chi connectivity index (χ3v) is 4.04. The first-order chi connectivity index (χ1) is 10.0. The molecule has 1 N–H and O–H groups in total. The van der Waals surface area contributed by atoms with E-state index in [9.17, 15) is 14.7 Å². The van der Waals surface area contributed by atoms with E-state index in [0.29, 0.717) is 11.6 Å². The molecule has 1 aromatic rings. The van der Waals surface area contributed by atoms with E-state index >= 15 is 0 Å². The van der Waals surface area contributed by atoms with Crippen molar-refractivity contribution >= 4 is 17.7 Å². The highest BCUT2D eigenvalue weighted by atomic mass is 16.4. The van der Waals surface area contributed by atoms with Gasteiger partial charge in [0.1, 0.15) is 0 Å². The molecule has 0 bridgehead atoms. The van der Waals surface area contributed by atoms with Gasteiger partial charge in [0, 0.05) is 20.1 Å². The summed E-state index contributed by atoms with van der Waals surface area (Å²) in [6, 6.07) is 6.47. The van der Waals surface area contributed by atoms with Crippen molar-refractivity contribution in [3.63, 3.8) is 0 Å². The van der Waals surface area contributed by atoms with Crippen molar-refractivity contribution in [2.24, 2.45) is 5.92 Å². The fraction of sp³-hybridized carbons (Fsp3) is 0.500. The van der Waals surface area contributed by atoms with Crippen LogP contribution in [0.4, 0.5) is 10.5 Å². The molecule has 0 aliphatic carbocycles. The van der Waals surface area contributed by atoms with Crippen LogP contribution in [0.2, 0.25) is 0 Å². The lowest BCUT2D eigenvalue weighted by atomic mass is 10.0. The van der Waals surface area contributed by atoms with Crippen molar-refractivity contribution in [1.82, 2.24) is 4.90 Å². The molecule has 21 heavy (non-hydrogen) atoms. The van der Waals surface area contributed by atoms with E-state index < -0.39 is 5.97 Å². The Labute approximate surface area is 125 Å². The van der Waals surface area contributed by atoms with Crippen LogP contribution in [0, 0.1) is 5.92 Å². The number of anilines is 1. The topological polar surface area (TPSA) is 60.9 Å². The quantitative estimate of drug-likeness (QED) is 0.927. The van der Waals surface area contributed by atoms with Crippen molar-refractivity contribution < 1.29 is 14.7 Å². The predicted octanol–water partition coefficient (Wildman–Crippen LogP) is 3.06. The number of nitrogens with zero attached hydrogens (tertiary/aromatic N) is 2. The first-order valence-corrected chi connectivity index (χ1v) is 7.39. The van der Waals surface area contributed by atoms with Crippen molar-refractivity contribution in [1.29, 1.82) is 0 Å². The maximum Gasteiger partial charge on any atom is 0.337 e. The van der Waals surface area contributed by atoms with Crippen molar-refractivity contribution in [3.05, 3.63) is 29.8 Å². The van der Waals surface area contributed by atoms with Gasteiger partial charge < -0.3 is 10.0 Å². The van der Waals surface area contributed by atoms with Gasteiger partial charge in [-0.1, -0.05) is 25.5 Å². The summed E-state index contributed by atoms with van der Waals surface area (Å²) in [6.45, 7) is 3.68. The Morgan fingerprint density at radius 1 is 1.38 bits per heavy atom. The number of carbonyl (C=O) groups is 2. The summed E-state index contributed by atoms with van der Waals surface area (Å²) < 4.78 is 0. The van der Waals surface area contributed by atoms with Crippen LogP contribution in [0.1, 0.15) is 36.5 Å². The molecule has 0 spiro atoms. The highest BCUT2D eigenvalue weighted by molar-refractivity contribution is 6.01. The smallest absolute Gasteiger partial charge is 0.337 e. The Balaban J connectivity index is 2.12. The standard InChI is InChI=1S/C16H22N2O3/c1-3-6-12-9-10-18(11-12)16(21)17(2)14-8-5-4-7-13(14)15(19)20/h4-5,7-8,12H,3,6,9-11H2,1-2H3,(H,19,20). The zero-order valence-corrected chi connectivity index (χ0v) is 12.6. The zero-order valence-electron chi connectivity index (χ0n) is 12.6. The van der Waals surface area contributed by atoms with Gasteiger partial charge >= 0.3 is 12.0 Å². The van der Waals surface area contributed by atoms with Gasteiger partial charge in [0.2, 0.25) is 0 Å². The molecule has 2 amide bonds. The number of carbonyl (C=O) groups excluding carboxylic acids is 1. The van der Waals surface area contributed by atoms with Gasteiger partial charge in [0.05, 0.1) is 11.3 Å². The van der Waals surface area contributed by atoms with Gasteiger partial charge in [-0.05, 0) is 30.9 Å². The van der Waals surface area contributed by atoms with Gasteiger partial charge in [0.25, 0.3) is 0 Å². The minimum Gasteiger partial charge on any atom is -0.478 e. The molecule has 1 aliphatic heterocycles. The summed E-state index contributed by atoms with van der Waals surface area (Å²) >= 11 is 0. The van der Waals surface area contributed by atoms with E-state index in [1.807, 2.05) is 4.90 Å². The molecule has 5 nitrogen and oxygen atoms in total. The van der Waals surface area contributed by atoms with E-state index in [-0.39, 0.29) is 11.6 Å². The van der Waals surface area contributed by atoms with E-state index in [2.05, 4.69) is 6.92 Å². The number of likely N-dealkylation sites (tertiary alicyclic amines) is 1. The number of aromatic carboxylic acids is 1. The molecule has 1 fully saturated rings. The lowest BCUT2D eigenvalue weighted by molar-refractivity contribution is 0.0697. The maximum absolute atomic E-state index is 12.5. The molecule has 1 aliphatic rings. The van der Waals surface area contributed by atoms with Gasteiger partial charge in [-0.3, -0.25) is 4.90 Å². The molecule has 5 heteroatoms. The molecule has 0 radical (unpaired) electrons. The number of amides is 2. The fourth-order valence-corrected chi connectivity index (χ4v) is 2.91. The molecule has 1 aromatic carbocycles. The van der Waals surface area contributed by atoms with Crippen LogP contribution in [0.15, 0.2) is 24.3 Å². The summed E-state index contributed by atoms with van der Waals surface area (Å²) in [4.78, 5) is 27.0. The Morgan fingerprint density at radius 2 is 2.10 bits per heavy atom. The van der Waals surface area contributed by atoms with Gasteiger partial charge in [-0.15, -0.1) is 0 Å². The molecule has 1 unspecified atom stereocenters. The molecule has 1 saturated heterocycles. The van der Waals surface area contributed by atoms with Crippen molar-refractivity contribution in [3.8, 4) is 0 Å². The number of hydrogen-bond donors (Lipinski definition) is 1. The van der Waals surface area contributed by atoms with Crippen LogP contribution >= 0.6 is 0 Å². The van der Waals surface area contributed by atoms with Crippen LogP contribution < -0.4 is 4.90 Å². The average Bonchev–Trinajstić information content (AvgIpc) is 2.94. The van der Waals surface area contributed by atoms with Crippen LogP contribution in [-0.2, 0) is 0 Å². The normalized spacial score (nSPS) is 17.8. The third-order valence-electron chi connectivity index (χ3n) is 4.04. The highest BCUT2D eigenvalue weighted by Gasteiger charge is 2.29. The highest BCUT2D eigenvalue weighted by Crippen LogP contribution is 2.25. The lowest BCUT2D eigenvalue weighted by Crippen LogP contribution is -2.40. The van der Waals surface area contributed by atoms with Crippen LogP contribution in [-0.4, -0.2) is 42.1 Å². The van der Waals surface area contributed by atoms with E-state index in [4.69, 9.17) is 0 Å². The molecular weight excluding hydrogens is 268 g/mol. The SMILES string of the molecule is CCCC1CCN(C(=O)N(C)c2ccccc2C(=O)O)C1. The second-order valence-corrected chi connectivity index (χ2v) is 5.55. The van der Waals surface area contributed by atoms with Crippen LogP contribution in [0.5, 0.6) is 0 Å². The number of rotatable bonds is 4. The summed E-state index contributed by atoms with van der Waals surface area (Å²) in [5.74, 6) is -0.447. The Morgan fingerprint density at radius 3 is 2.76 bits per heavy atom. The van der Waals surface area contributed by atoms with Gasteiger partial charge in [0.15, 0.2) is 0 Å². The van der Waals surface area contributed by atoms with Gasteiger partial charge in [-0.25, -0.2) is 9.59 Å². The molecule has 1 heterocycles. The number of urea groups is 1. The summed E-state index contributed by atoms with van der Waals surface area (Å²) in [5, 5.41) is 9.22. The first-order valence-electron chi connectivity index (χ1n) is 7.39. The zero-order chi connectivity index (χ0) is 15.4. The minimum atomic E-state index is -1.02.